The number of anilines is 1. The van der Waals surface area contributed by atoms with Gasteiger partial charge in [0.1, 0.15) is 0 Å². The Bertz CT molecular complexity index is 1530. The number of furan rings is 1. The van der Waals surface area contributed by atoms with Crippen molar-refractivity contribution in [2.45, 2.75) is 30.2 Å². The number of hydrogen-bond donors (Lipinski definition) is 2. The van der Waals surface area contributed by atoms with Crippen LogP contribution in [0.4, 0.5) is 5.88 Å². The largest absolute Gasteiger partial charge is 0.448 e. The fourth-order valence-corrected chi connectivity index (χ4v) is 7.43. The molecule has 0 aromatic carbocycles. The Morgan fingerprint density at radius 3 is 2.66 bits per heavy atom. The third kappa shape index (κ3) is 3.63. The lowest BCUT2D eigenvalue weighted by atomic mass is 10.0. The molecule has 2 aliphatic rings. The first-order chi connectivity index (χ1) is 18.9. The van der Waals surface area contributed by atoms with Gasteiger partial charge in [-0.1, -0.05) is 18.2 Å². The molecule has 0 fully saturated rings. The van der Waals surface area contributed by atoms with Crippen LogP contribution in [0.1, 0.15) is 41.4 Å². The zero-order valence-corrected chi connectivity index (χ0v) is 22.0. The van der Waals surface area contributed by atoms with Crippen LogP contribution in [0.3, 0.4) is 0 Å². The molecule has 1 aliphatic carbocycles. The second-order valence-corrected chi connectivity index (χ2v) is 11.2. The molecule has 0 saturated carbocycles. The first-order valence-corrected chi connectivity index (χ1v) is 14.3. The second-order valence-electron chi connectivity index (χ2n) is 9.06. The van der Waals surface area contributed by atoms with E-state index in [0.717, 1.165) is 46.9 Å². The normalized spacial score (nSPS) is 21.5. The minimum atomic E-state index is -1.02. The number of allylic oxidation sites excluding steroid dienone is 1. The Balaban J connectivity index is 1.59. The van der Waals surface area contributed by atoms with E-state index in [-0.39, 0.29) is 5.25 Å². The van der Waals surface area contributed by atoms with E-state index in [9.17, 15) is 0 Å². The molecule has 8 nitrogen and oxygen atoms in total. The Morgan fingerprint density at radius 1 is 1.03 bits per heavy atom. The van der Waals surface area contributed by atoms with E-state index in [0.29, 0.717) is 11.7 Å². The summed E-state index contributed by atoms with van der Waals surface area (Å²) in [6.45, 7) is 0. The van der Waals surface area contributed by atoms with Crippen molar-refractivity contribution in [3.63, 3.8) is 0 Å². The summed E-state index contributed by atoms with van der Waals surface area (Å²) in [6.07, 6.45) is 17.0. The summed E-state index contributed by atoms with van der Waals surface area (Å²) in [5.74, 6) is 1.30. The molecule has 0 saturated heterocycles. The van der Waals surface area contributed by atoms with Crippen molar-refractivity contribution in [3.05, 3.63) is 119 Å². The number of nitrogens with zero attached hydrogens (tertiary/aromatic N) is 5. The molecule has 5 aromatic heterocycles. The number of nitrogens with one attached hydrogen (secondary N) is 2. The van der Waals surface area contributed by atoms with E-state index in [1.807, 2.05) is 36.5 Å². The average molecular weight is 540 g/mol. The molecule has 2 unspecified atom stereocenters. The van der Waals surface area contributed by atoms with Gasteiger partial charge in [0, 0.05) is 36.1 Å². The number of rotatable bonds is 7. The molecule has 38 heavy (non-hydrogen) atoms. The number of aromatic nitrogens is 5. The fraction of sp³-hybridized carbons (Fsp3) is 0.179. The molecular formula is C28H25N7OS2. The first kappa shape index (κ1) is 23.1. The van der Waals surface area contributed by atoms with Crippen LogP contribution in [0.5, 0.6) is 0 Å². The van der Waals surface area contributed by atoms with Gasteiger partial charge in [-0.2, -0.15) is 5.10 Å². The standard InChI is InChI=1S/C28H25N7OS2/c1-2-8-20(9-3-1)38-35-25(21-10-4-14-29-21)26(22-11-6-19-37-22)34(24-12-5-18-36-24)28(35,23-13-17-32-33-23)27-30-15-7-16-31-27/h2,4-8,10-20,29H,1,3,9H2,(H,32,33). The van der Waals surface area contributed by atoms with E-state index in [2.05, 4.69) is 60.1 Å². The van der Waals surface area contributed by atoms with Gasteiger partial charge < -0.3 is 9.40 Å². The highest BCUT2D eigenvalue weighted by Gasteiger charge is 2.60. The predicted molar refractivity (Wildman–Crippen MR) is 151 cm³/mol. The van der Waals surface area contributed by atoms with E-state index >= 15 is 0 Å². The third-order valence-corrected chi connectivity index (χ3v) is 9.01. The molecule has 7 rings (SSSR count). The van der Waals surface area contributed by atoms with Crippen LogP contribution in [0.25, 0.3) is 11.4 Å². The molecule has 0 radical (unpaired) electrons. The molecule has 2 atom stereocenters. The zero-order chi connectivity index (χ0) is 25.4. The fourth-order valence-electron chi connectivity index (χ4n) is 5.24. The van der Waals surface area contributed by atoms with E-state index in [1.165, 1.54) is 0 Å². The van der Waals surface area contributed by atoms with Crippen LogP contribution in [-0.4, -0.2) is 34.7 Å². The van der Waals surface area contributed by atoms with Gasteiger partial charge >= 0.3 is 0 Å². The summed E-state index contributed by atoms with van der Waals surface area (Å²) in [4.78, 5) is 16.6. The number of hydrogen-bond acceptors (Lipinski definition) is 8. The molecule has 5 aromatic rings. The molecule has 10 heteroatoms. The summed E-state index contributed by atoms with van der Waals surface area (Å²) >= 11 is 3.49. The van der Waals surface area contributed by atoms with Gasteiger partial charge in [0.05, 0.1) is 33.9 Å². The van der Waals surface area contributed by atoms with Crippen LogP contribution in [0, 0.1) is 0 Å². The van der Waals surface area contributed by atoms with Gasteiger partial charge in [-0.15, -0.1) is 11.3 Å². The average Bonchev–Trinajstić information content (AvgIpc) is 3.80. The van der Waals surface area contributed by atoms with E-state index in [4.69, 9.17) is 14.4 Å². The first-order valence-electron chi connectivity index (χ1n) is 12.5. The van der Waals surface area contributed by atoms with Crippen molar-refractivity contribution in [1.29, 1.82) is 0 Å². The summed E-state index contributed by atoms with van der Waals surface area (Å²) in [6, 6.07) is 16.1. The highest BCUT2D eigenvalue weighted by atomic mass is 32.2. The van der Waals surface area contributed by atoms with Crippen LogP contribution in [0.2, 0.25) is 0 Å². The minimum absolute atomic E-state index is 0.279. The predicted octanol–water partition coefficient (Wildman–Crippen LogP) is 6.49. The smallest absolute Gasteiger partial charge is 0.234 e. The number of H-pyrrole nitrogens is 2. The zero-order valence-electron chi connectivity index (χ0n) is 20.4. The molecule has 6 heterocycles. The van der Waals surface area contributed by atoms with Gasteiger partial charge in [-0.3, -0.25) is 14.3 Å². The van der Waals surface area contributed by atoms with Gasteiger partial charge in [0.2, 0.25) is 11.5 Å². The van der Waals surface area contributed by atoms with Crippen LogP contribution >= 0.6 is 23.3 Å². The second kappa shape index (κ2) is 9.70. The number of aromatic amines is 2. The Kier molecular flexibility index (Phi) is 5.90. The molecule has 190 valence electrons. The monoisotopic (exact) mass is 539 g/mol. The van der Waals surface area contributed by atoms with E-state index < -0.39 is 5.66 Å². The number of thiophene rings is 1. The van der Waals surface area contributed by atoms with Gasteiger partial charge in [0.15, 0.2) is 5.82 Å². The summed E-state index contributed by atoms with van der Waals surface area (Å²) in [5.41, 5.74) is 2.84. The maximum atomic E-state index is 6.17. The van der Waals surface area contributed by atoms with Gasteiger partial charge in [0.25, 0.3) is 0 Å². The lowest BCUT2D eigenvalue weighted by molar-refractivity contribution is 0.323. The molecule has 0 amide bonds. The van der Waals surface area contributed by atoms with Crippen molar-refractivity contribution in [3.8, 4) is 0 Å². The van der Waals surface area contributed by atoms with Gasteiger partial charge in [-0.25, -0.2) is 9.97 Å². The molecule has 2 N–H and O–H groups in total. The van der Waals surface area contributed by atoms with Gasteiger partial charge in [-0.05, 0) is 73.0 Å². The van der Waals surface area contributed by atoms with Crippen molar-refractivity contribution in [2.24, 2.45) is 0 Å². The minimum Gasteiger partial charge on any atom is -0.448 e. The molecule has 0 spiro atoms. The van der Waals surface area contributed by atoms with Crippen molar-refractivity contribution in [2.75, 3.05) is 4.90 Å². The Morgan fingerprint density at radius 2 is 1.97 bits per heavy atom. The topological polar surface area (TPSA) is 89.9 Å². The highest BCUT2D eigenvalue weighted by Crippen LogP contribution is 2.59. The summed E-state index contributed by atoms with van der Waals surface area (Å²) < 4.78 is 8.53. The summed E-state index contributed by atoms with van der Waals surface area (Å²) in [7, 11) is 0. The molecule has 0 bridgehead atoms. The molecule has 1 aliphatic heterocycles. The van der Waals surface area contributed by atoms with Crippen LogP contribution in [-0.2, 0) is 5.66 Å². The lowest BCUT2D eigenvalue weighted by Gasteiger charge is -2.43. The van der Waals surface area contributed by atoms with Crippen LogP contribution < -0.4 is 4.90 Å². The maximum Gasteiger partial charge on any atom is 0.234 e. The molecular weight excluding hydrogens is 514 g/mol. The van der Waals surface area contributed by atoms with Crippen LogP contribution in [0.15, 0.2) is 102 Å². The van der Waals surface area contributed by atoms with Crippen molar-refractivity contribution in [1.82, 2.24) is 29.5 Å². The Hall–Kier alpha value is -4.02. The maximum absolute atomic E-state index is 6.17. The van der Waals surface area contributed by atoms with Crippen molar-refractivity contribution >= 4 is 40.6 Å². The summed E-state index contributed by atoms with van der Waals surface area (Å²) in [5, 5.41) is 10.1. The van der Waals surface area contributed by atoms with E-state index in [1.54, 1.807) is 48.1 Å². The van der Waals surface area contributed by atoms with Crippen molar-refractivity contribution < 1.29 is 4.42 Å². The SMILES string of the molecule is C1=CC(SN2C(c3ccc[nH]3)=C(c3cccs3)N(c3ccco3)C2(c2ncccn2)c2ccn[nH]2)CCC1. The lowest BCUT2D eigenvalue weighted by Crippen LogP contribution is -2.52. The quantitative estimate of drug-likeness (QED) is 0.180. The third-order valence-electron chi connectivity index (χ3n) is 6.81. The highest BCUT2D eigenvalue weighted by molar-refractivity contribution is 7.98. The Labute approximate surface area is 228 Å².